The molecule has 2 amide bonds. The van der Waals surface area contributed by atoms with Crippen LogP contribution in [0.1, 0.15) is 39.0 Å². The molecule has 2 heterocycles. The Morgan fingerprint density at radius 3 is 2.55 bits per heavy atom. The molecular formula is C14H26ClN3O2. The van der Waals surface area contributed by atoms with E-state index in [9.17, 15) is 9.59 Å². The number of amides is 2. The third-order valence-corrected chi connectivity index (χ3v) is 4.34. The molecule has 0 radical (unpaired) electrons. The molecule has 0 aromatic rings. The number of piperidine rings is 1. The van der Waals surface area contributed by atoms with Crippen LogP contribution < -0.4 is 5.73 Å². The first kappa shape index (κ1) is 17.2. The second kappa shape index (κ2) is 7.84. The number of nitrogens with two attached hydrogens (primary N) is 1. The summed E-state index contributed by atoms with van der Waals surface area (Å²) < 4.78 is 0. The number of carbonyl (C=O) groups is 2. The van der Waals surface area contributed by atoms with Gasteiger partial charge in [-0.25, -0.2) is 0 Å². The smallest absolute Gasteiger partial charge is 0.245 e. The maximum Gasteiger partial charge on any atom is 0.245 e. The Hall–Kier alpha value is -0.810. The van der Waals surface area contributed by atoms with Gasteiger partial charge in [0.25, 0.3) is 0 Å². The predicted molar refractivity (Wildman–Crippen MR) is 80.6 cm³/mol. The highest BCUT2D eigenvalue weighted by Crippen LogP contribution is 2.23. The molecule has 116 valence electrons. The minimum absolute atomic E-state index is 0. The number of carbonyl (C=O) groups excluding carboxylic acids is 2. The lowest BCUT2D eigenvalue weighted by Crippen LogP contribution is -2.52. The predicted octanol–water partition coefficient (Wildman–Crippen LogP) is 1.01. The SMILES string of the molecule is CCC(=O)N1CCCCC1C(=O)N1CCC(CN)C1.Cl. The van der Waals surface area contributed by atoms with Crippen LogP contribution in [0.15, 0.2) is 0 Å². The van der Waals surface area contributed by atoms with Crippen molar-refractivity contribution < 1.29 is 9.59 Å². The van der Waals surface area contributed by atoms with Gasteiger partial charge in [0, 0.05) is 26.1 Å². The average Bonchev–Trinajstić information content (AvgIpc) is 2.94. The lowest BCUT2D eigenvalue weighted by Gasteiger charge is -2.36. The summed E-state index contributed by atoms with van der Waals surface area (Å²) in [5, 5.41) is 0. The van der Waals surface area contributed by atoms with E-state index in [0.717, 1.165) is 45.3 Å². The van der Waals surface area contributed by atoms with Crippen LogP contribution in [0.3, 0.4) is 0 Å². The molecule has 20 heavy (non-hydrogen) atoms. The molecule has 6 heteroatoms. The number of hydrogen-bond acceptors (Lipinski definition) is 3. The Balaban J connectivity index is 0.00000200. The summed E-state index contributed by atoms with van der Waals surface area (Å²) in [6, 6.07) is -0.224. The van der Waals surface area contributed by atoms with Crippen molar-refractivity contribution in [1.29, 1.82) is 0 Å². The Morgan fingerprint density at radius 1 is 1.20 bits per heavy atom. The van der Waals surface area contributed by atoms with Gasteiger partial charge in [0.2, 0.25) is 11.8 Å². The largest absolute Gasteiger partial charge is 0.341 e. The number of halogens is 1. The van der Waals surface area contributed by atoms with Gasteiger partial charge < -0.3 is 15.5 Å². The van der Waals surface area contributed by atoms with E-state index in [1.165, 1.54) is 0 Å². The van der Waals surface area contributed by atoms with Crippen LogP contribution >= 0.6 is 12.4 Å². The lowest BCUT2D eigenvalue weighted by molar-refractivity contribution is -0.147. The standard InChI is InChI=1S/C14H25N3O2.ClH/c1-2-13(18)17-7-4-3-5-12(17)14(19)16-8-6-11(9-15)10-16;/h11-12H,2-10,15H2,1H3;1H. The quantitative estimate of drug-likeness (QED) is 0.846. The van der Waals surface area contributed by atoms with Crippen molar-refractivity contribution in [2.45, 2.75) is 45.1 Å². The van der Waals surface area contributed by atoms with Gasteiger partial charge in [-0.05, 0) is 38.1 Å². The molecule has 2 rings (SSSR count). The summed E-state index contributed by atoms with van der Waals surface area (Å²) in [6.07, 6.45) is 4.35. The van der Waals surface area contributed by atoms with Gasteiger partial charge >= 0.3 is 0 Å². The van der Waals surface area contributed by atoms with Crippen LogP contribution in [0.25, 0.3) is 0 Å². The average molecular weight is 304 g/mol. The lowest BCUT2D eigenvalue weighted by atomic mass is 10.0. The summed E-state index contributed by atoms with van der Waals surface area (Å²) in [4.78, 5) is 28.2. The van der Waals surface area contributed by atoms with E-state index in [0.29, 0.717) is 18.9 Å². The van der Waals surface area contributed by atoms with Crippen LogP contribution in [0.2, 0.25) is 0 Å². The summed E-state index contributed by atoms with van der Waals surface area (Å²) in [5.41, 5.74) is 5.67. The van der Waals surface area contributed by atoms with Crippen LogP contribution in [0.4, 0.5) is 0 Å². The minimum atomic E-state index is -0.224. The van der Waals surface area contributed by atoms with E-state index >= 15 is 0 Å². The topological polar surface area (TPSA) is 66.6 Å². The molecule has 0 bridgehead atoms. The van der Waals surface area contributed by atoms with Gasteiger partial charge in [0.05, 0.1) is 0 Å². The van der Waals surface area contributed by atoms with Crippen LogP contribution in [-0.4, -0.2) is 53.8 Å². The Morgan fingerprint density at radius 2 is 1.95 bits per heavy atom. The number of likely N-dealkylation sites (tertiary alicyclic amines) is 2. The van der Waals surface area contributed by atoms with Crippen LogP contribution in [-0.2, 0) is 9.59 Å². The van der Waals surface area contributed by atoms with Crippen molar-refractivity contribution in [3.63, 3.8) is 0 Å². The second-order valence-electron chi connectivity index (χ2n) is 5.63. The van der Waals surface area contributed by atoms with E-state index < -0.39 is 0 Å². The highest BCUT2D eigenvalue weighted by atomic mass is 35.5. The van der Waals surface area contributed by atoms with E-state index in [1.807, 2.05) is 11.8 Å². The molecule has 2 aliphatic rings. The van der Waals surface area contributed by atoms with Gasteiger partial charge in [0.1, 0.15) is 6.04 Å². The van der Waals surface area contributed by atoms with Crippen molar-refractivity contribution >= 4 is 24.2 Å². The van der Waals surface area contributed by atoms with Gasteiger partial charge in [0.15, 0.2) is 0 Å². The van der Waals surface area contributed by atoms with E-state index in [4.69, 9.17) is 5.73 Å². The maximum atomic E-state index is 12.6. The summed E-state index contributed by atoms with van der Waals surface area (Å²) >= 11 is 0. The molecule has 2 N–H and O–H groups in total. The summed E-state index contributed by atoms with van der Waals surface area (Å²) in [5.74, 6) is 0.674. The zero-order chi connectivity index (χ0) is 13.8. The van der Waals surface area contributed by atoms with Crippen molar-refractivity contribution in [3.05, 3.63) is 0 Å². The molecule has 5 nitrogen and oxygen atoms in total. The zero-order valence-corrected chi connectivity index (χ0v) is 13.0. The third kappa shape index (κ3) is 3.64. The first-order chi connectivity index (χ1) is 9.17. The van der Waals surface area contributed by atoms with Gasteiger partial charge in [-0.1, -0.05) is 6.92 Å². The molecule has 0 aliphatic carbocycles. The molecule has 2 saturated heterocycles. The van der Waals surface area contributed by atoms with Crippen molar-refractivity contribution in [1.82, 2.24) is 9.80 Å². The zero-order valence-electron chi connectivity index (χ0n) is 12.2. The van der Waals surface area contributed by atoms with Gasteiger partial charge in [-0.15, -0.1) is 12.4 Å². The molecule has 0 aromatic carbocycles. The molecule has 0 aromatic heterocycles. The Bertz CT molecular complexity index is 351. The molecule has 2 fully saturated rings. The number of nitrogens with zero attached hydrogens (tertiary/aromatic N) is 2. The highest BCUT2D eigenvalue weighted by molar-refractivity contribution is 5.88. The molecular weight excluding hydrogens is 278 g/mol. The van der Waals surface area contributed by atoms with Crippen LogP contribution in [0.5, 0.6) is 0 Å². The Kier molecular flexibility index (Phi) is 6.76. The normalized spacial score (nSPS) is 26.3. The number of rotatable bonds is 3. The Labute approximate surface area is 127 Å². The van der Waals surface area contributed by atoms with Gasteiger partial charge in [-0.3, -0.25) is 9.59 Å². The maximum absolute atomic E-state index is 12.6. The molecule has 2 unspecified atom stereocenters. The summed E-state index contributed by atoms with van der Waals surface area (Å²) in [7, 11) is 0. The second-order valence-corrected chi connectivity index (χ2v) is 5.63. The fourth-order valence-corrected chi connectivity index (χ4v) is 3.13. The fraction of sp³-hybridized carbons (Fsp3) is 0.857. The van der Waals surface area contributed by atoms with E-state index in [2.05, 4.69) is 0 Å². The first-order valence-corrected chi connectivity index (χ1v) is 7.45. The monoisotopic (exact) mass is 303 g/mol. The van der Waals surface area contributed by atoms with E-state index in [1.54, 1.807) is 4.90 Å². The third-order valence-electron chi connectivity index (χ3n) is 4.34. The highest BCUT2D eigenvalue weighted by Gasteiger charge is 2.36. The van der Waals surface area contributed by atoms with Gasteiger partial charge in [-0.2, -0.15) is 0 Å². The van der Waals surface area contributed by atoms with E-state index in [-0.39, 0.29) is 30.3 Å². The molecule has 2 aliphatic heterocycles. The molecule has 2 atom stereocenters. The van der Waals surface area contributed by atoms with Crippen molar-refractivity contribution in [2.75, 3.05) is 26.2 Å². The molecule has 0 saturated carbocycles. The minimum Gasteiger partial charge on any atom is -0.341 e. The summed E-state index contributed by atoms with van der Waals surface area (Å²) in [6.45, 7) is 4.80. The van der Waals surface area contributed by atoms with Crippen molar-refractivity contribution in [3.8, 4) is 0 Å². The first-order valence-electron chi connectivity index (χ1n) is 7.45. The van der Waals surface area contributed by atoms with Crippen LogP contribution in [0, 0.1) is 5.92 Å². The number of hydrogen-bond donors (Lipinski definition) is 1. The van der Waals surface area contributed by atoms with Crippen molar-refractivity contribution in [2.24, 2.45) is 11.7 Å². The molecule has 0 spiro atoms. The fourth-order valence-electron chi connectivity index (χ4n) is 3.13.